The smallest absolute Gasteiger partial charge is 0.407 e. The Bertz CT molecular complexity index is 815. The Labute approximate surface area is 130 Å². The van der Waals surface area contributed by atoms with E-state index in [0.717, 1.165) is 5.39 Å². The number of hydrogen-bond donors (Lipinski definition) is 1. The first kappa shape index (κ1) is 13.7. The van der Waals surface area contributed by atoms with Crippen LogP contribution in [0.1, 0.15) is 24.6 Å². The molecule has 3 aromatic rings. The van der Waals surface area contributed by atoms with Gasteiger partial charge in [-0.25, -0.2) is 4.79 Å². The topological polar surface area (TPSA) is 105 Å². The van der Waals surface area contributed by atoms with E-state index in [0.29, 0.717) is 49.0 Å². The zero-order valence-corrected chi connectivity index (χ0v) is 12.2. The van der Waals surface area contributed by atoms with Gasteiger partial charge in [0.25, 0.3) is 5.89 Å². The highest BCUT2D eigenvalue weighted by Crippen LogP contribution is 2.30. The fourth-order valence-electron chi connectivity index (χ4n) is 2.82. The van der Waals surface area contributed by atoms with Crippen molar-refractivity contribution in [3.8, 4) is 11.7 Å². The van der Waals surface area contributed by atoms with Crippen molar-refractivity contribution in [3.05, 3.63) is 30.4 Å². The van der Waals surface area contributed by atoms with Gasteiger partial charge in [-0.3, -0.25) is 4.98 Å². The van der Waals surface area contributed by atoms with Crippen LogP contribution in [0, 0.1) is 0 Å². The SMILES string of the molecule is O=C(O)N1CCC(c2noc(-c3cc4ccncc4o3)n2)CC1. The second kappa shape index (κ2) is 5.38. The van der Waals surface area contributed by atoms with Gasteiger partial charge < -0.3 is 18.9 Å². The van der Waals surface area contributed by atoms with Gasteiger partial charge in [-0.15, -0.1) is 0 Å². The van der Waals surface area contributed by atoms with Gasteiger partial charge in [0.15, 0.2) is 17.2 Å². The molecule has 1 aliphatic rings. The van der Waals surface area contributed by atoms with E-state index in [1.165, 1.54) is 4.90 Å². The third kappa shape index (κ3) is 2.52. The predicted molar refractivity (Wildman–Crippen MR) is 78.9 cm³/mol. The molecule has 1 fully saturated rings. The minimum absolute atomic E-state index is 0.106. The number of piperidine rings is 1. The zero-order valence-electron chi connectivity index (χ0n) is 12.2. The minimum Gasteiger partial charge on any atom is -0.465 e. The number of amides is 1. The molecule has 23 heavy (non-hydrogen) atoms. The summed E-state index contributed by atoms with van der Waals surface area (Å²) in [5, 5.41) is 13.9. The van der Waals surface area contributed by atoms with Crippen molar-refractivity contribution in [2.45, 2.75) is 18.8 Å². The number of pyridine rings is 1. The number of nitrogens with zero attached hydrogens (tertiary/aromatic N) is 4. The lowest BCUT2D eigenvalue weighted by molar-refractivity contribution is 0.131. The lowest BCUT2D eigenvalue weighted by Gasteiger charge is -2.28. The van der Waals surface area contributed by atoms with Crippen molar-refractivity contribution in [1.29, 1.82) is 0 Å². The van der Waals surface area contributed by atoms with Crippen LogP contribution in [0.25, 0.3) is 22.6 Å². The monoisotopic (exact) mass is 314 g/mol. The molecule has 8 heteroatoms. The van der Waals surface area contributed by atoms with E-state index in [1.807, 2.05) is 12.1 Å². The maximum atomic E-state index is 10.9. The number of hydrogen-bond acceptors (Lipinski definition) is 6. The number of fused-ring (bicyclic) bond motifs is 1. The molecule has 1 saturated heterocycles. The summed E-state index contributed by atoms with van der Waals surface area (Å²) >= 11 is 0. The van der Waals surface area contributed by atoms with Crippen LogP contribution in [0.15, 0.2) is 33.5 Å². The molecule has 0 aromatic carbocycles. The summed E-state index contributed by atoms with van der Waals surface area (Å²) in [5.74, 6) is 1.55. The van der Waals surface area contributed by atoms with E-state index in [1.54, 1.807) is 12.4 Å². The summed E-state index contributed by atoms with van der Waals surface area (Å²) in [6.07, 6.45) is 3.83. The first-order valence-corrected chi connectivity index (χ1v) is 7.36. The number of likely N-dealkylation sites (tertiary alicyclic amines) is 1. The van der Waals surface area contributed by atoms with Crippen LogP contribution in [0.4, 0.5) is 4.79 Å². The van der Waals surface area contributed by atoms with E-state index in [9.17, 15) is 4.79 Å². The zero-order chi connectivity index (χ0) is 15.8. The summed E-state index contributed by atoms with van der Waals surface area (Å²) in [4.78, 5) is 20.8. The largest absolute Gasteiger partial charge is 0.465 e. The van der Waals surface area contributed by atoms with Gasteiger partial charge in [-0.2, -0.15) is 4.98 Å². The Morgan fingerprint density at radius 2 is 2.17 bits per heavy atom. The molecule has 4 rings (SSSR count). The standard InChI is InChI=1S/C15H14N4O4/c20-15(21)19-5-2-9(3-6-19)13-17-14(23-18-13)11-7-10-1-4-16-8-12(10)22-11/h1,4,7-9H,2-3,5-6H2,(H,20,21). The van der Waals surface area contributed by atoms with Crippen molar-refractivity contribution in [1.82, 2.24) is 20.0 Å². The van der Waals surface area contributed by atoms with Gasteiger partial charge in [0.2, 0.25) is 0 Å². The molecule has 1 amide bonds. The van der Waals surface area contributed by atoms with Crippen molar-refractivity contribution < 1.29 is 18.8 Å². The fraction of sp³-hybridized carbons (Fsp3) is 0.333. The van der Waals surface area contributed by atoms with Crippen LogP contribution >= 0.6 is 0 Å². The van der Waals surface area contributed by atoms with E-state index in [-0.39, 0.29) is 5.92 Å². The minimum atomic E-state index is -0.881. The van der Waals surface area contributed by atoms with Gasteiger partial charge in [-0.05, 0) is 25.0 Å². The molecule has 118 valence electrons. The second-order valence-corrected chi connectivity index (χ2v) is 5.53. The van der Waals surface area contributed by atoms with Gasteiger partial charge >= 0.3 is 6.09 Å². The highest BCUT2D eigenvalue weighted by molar-refractivity contribution is 5.80. The summed E-state index contributed by atoms with van der Waals surface area (Å²) < 4.78 is 11.0. The molecule has 1 aliphatic heterocycles. The first-order valence-electron chi connectivity index (χ1n) is 7.36. The van der Waals surface area contributed by atoms with Crippen LogP contribution in [0.2, 0.25) is 0 Å². The van der Waals surface area contributed by atoms with Crippen molar-refractivity contribution in [2.24, 2.45) is 0 Å². The third-order valence-corrected chi connectivity index (χ3v) is 4.11. The van der Waals surface area contributed by atoms with Crippen molar-refractivity contribution >= 4 is 17.1 Å². The lowest BCUT2D eigenvalue weighted by Crippen LogP contribution is -2.37. The summed E-state index contributed by atoms with van der Waals surface area (Å²) in [6, 6.07) is 3.68. The van der Waals surface area contributed by atoms with Crippen molar-refractivity contribution in [3.63, 3.8) is 0 Å². The number of carboxylic acid groups (broad SMARTS) is 1. The second-order valence-electron chi connectivity index (χ2n) is 5.53. The van der Waals surface area contributed by atoms with E-state index < -0.39 is 6.09 Å². The van der Waals surface area contributed by atoms with E-state index >= 15 is 0 Å². The Balaban J connectivity index is 1.54. The van der Waals surface area contributed by atoms with Gasteiger partial charge in [0.05, 0.1) is 6.20 Å². The van der Waals surface area contributed by atoms with Gasteiger partial charge in [-0.1, -0.05) is 5.16 Å². The molecular weight excluding hydrogens is 300 g/mol. The third-order valence-electron chi connectivity index (χ3n) is 4.11. The molecule has 0 aliphatic carbocycles. The Morgan fingerprint density at radius 3 is 2.91 bits per heavy atom. The van der Waals surface area contributed by atoms with Gasteiger partial charge in [0, 0.05) is 30.6 Å². The fourth-order valence-corrected chi connectivity index (χ4v) is 2.82. The number of rotatable bonds is 2. The average Bonchev–Trinajstić information content (AvgIpc) is 3.21. The molecular formula is C15H14N4O4. The normalized spacial score (nSPS) is 16.1. The molecule has 0 bridgehead atoms. The Kier molecular flexibility index (Phi) is 3.22. The molecule has 1 N–H and O–H groups in total. The predicted octanol–water partition coefficient (Wildman–Crippen LogP) is 2.74. The molecule has 4 heterocycles. The molecule has 0 spiro atoms. The van der Waals surface area contributed by atoms with Crippen LogP contribution in [0.3, 0.4) is 0 Å². The van der Waals surface area contributed by atoms with E-state index in [2.05, 4.69) is 15.1 Å². The number of carbonyl (C=O) groups is 1. The molecule has 0 unspecified atom stereocenters. The summed E-state index contributed by atoms with van der Waals surface area (Å²) in [5.41, 5.74) is 0.664. The molecule has 3 aromatic heterocycles. The van der Waals surface area contributed by atoms with Crippen LogP contribution in [-0.2, 0) is 0 Å². The maximum absolute atomic E-state index is 10.9. The number of aromatic nitrogens is 3. The van der Waals surface area contributed by atoms with Crippen LogP contribution < -0.4 is 0 Å². The summed E-state index contributed by atoms with van der Waals surface area (Å²) in [7, 11) is 0. The van der Waals surface area contributed by atoms with Gasteiger partial charge in [0.1, 0.15) is 0 Å². The summed E-state index contributed by atoms with van der Waals surface area (Å²) in [6.45, 7) is 0.973. The highest BCUT2D eigenvalue weighted by Gasteiger charge is 2.27. The molecule has 0 radical (unpaired) electrons. The highest BCUT2D eigenvalue weighted by atomic mass is 16.5. The lowest BCUT2D eigenvalue weighted by atomic mass is 9.96. The Hall–Kier alpha value is -2.90. The first-order chi connectivity index (χ1) is 11.2. The molecule has 0 atom stereocenters. The van der Waals surface area contributed by atoms with E-state index in [4.69, 9.17) is 14.0 Å². The van der Waals surface area contributed by atoms with Crippen LogP contribution in [0.5, 0.6) is 0 Å². The molecule has 8 nitrogen and oxygen atoms in total. The quantitative estimate of drug-likeness (QED) is 0.775. The maximum Gasteiger partial charge on any atom is 0.407 e. The Morgan fingerprint density at radius 1 is 1.35 bits per heavy atom. The van der Waals surface area contributed by atoms with Crippen molar-refractivity contribution in [2.75, 3.05) is 13.1 Å². The number of furan rings is 1. The van der Waals surface area contributed by atoms with Crippen LogP contribution in [-0.4, -0.2) is 44.3 Å². The average molecular weight is 314 g/mol. The molecule has 0 saturated carbocycles.